The minimum absolute atomic E-state index is 0.165. The molecule has 0 saturated heterocycles. The van der Waals surface area contributed by atoms with Gasteiger partial charge in [-0.2, -0.15) is 0 Å². The van der Waals surface area contributed by atoms with Crippen molar-refractivity contribution in [3.8, 4) is 0 Å². The molecule has 1 N–H and O–H groups in total. The first kappa shape index (κ1) is 19.7. The van der Waals surface area contributed by atoms with Crippen molar-refractivity contribution in [1.29, 1.82) is 0 Å². The van der Waals surface area contributed by atoms with Gasteiger partial charge in [0, 0.05) is 23.4 Å². The van der Waals surface area contributed by atoms with Gasteiger partial charge in [0.1, 0.15) is 0 Å². The molecule has 1 unspecified atom stereocenters. The fourth-order valence-corrected chi connectivity index (χ4v) is 4.19. The lowest BCUT2D eigenvalue weighted by molar-refractivity contribution is 0.108. The molecule has 0 saturated carbocycles. The van der Waals surface area contributed by atoms with Crippen LogP contribution in [-0.4, -0.2) is 16.4 Å². The van der Waals surface area contributed by atoms with Crippen molar-refractivity contribution in [2.24, 2.45) is 16.2 Å². The van der Waals surface area contributed by atoms with Gasteiger partial charge in [0.05, 0.1) is 20.7 Å². The third kappa shape index (κ3) is 4.94. The van der Waals surface area contributed by atoms with Crippen molar-refractivity contribution in [1.82, 2.24) is 0 Å². The van der Waals surface area contributed by atoms with Crippen LogP contribution in [0, 0.1) is 11.8 Å². The van der Waals surface area contributed by atoms with Gasteiger partial charge in [-0.05, 0) is 35.7 Å². The molecule has 3 nitrogen and oxygen atoms in total. The Labute approximate surface area is 155 Å². The van der Waals surface area contributed by atoms with Gasteiger partial charge in [0.25, 0.3) is 0 Å². The first-order valence-electron chi connectivity index (χ1n) is 8.19. The van der Waals surface area contributed by atoms with Crippen molar-refractivity contribution >= 4 is 21.3 Å². The summed E-state index contributed by atoms with van der Waals surface area (Å²) in [7, 11) is -1.09. The first-order chi connectivity index (χ1) is 11.9. The quantitative estimate of drug-likeness (QED) is 0.740. The molecule has 3 atom stereocenters. The molecule has 25 heavy (non-hydrogen) atoms. The largest absolute Gasteiger partial charge is 0.388 e. The molecular weight excluding hydrogens is 354 g/mol. The average Bonchev–Trinajstić information content (AvgIpc) is 2.62. The van der Waals surface area contributed by atoms with Gasteiger partial charge in [-0.1, -0.05) is 61.9 Å². The Bertz CT molecular complexity index is 823. The maximum atomic E-state index is 13.1. The Hall–Kier alpha value is -1.62. The summed E-state index contributed by atoms with van der Waals surface area (Å²) in [6.45, 7) is 4.06. The van der Waals surface area contributed by atoms with Crippen LogP contribution in [0.15, 0.2) is 75.3 Å². The highest BCUT2D eigenvalue weighted by Crippen LogP contribution is 2.31. The van der Waals surface area contributed by atoms with Gasteiger partial charge >= 0.3 is 0 Å². The lowest BCUT2D eigenvalue weighted by Crippen LogP contribution is -2.16. The van der Waals surface area contributed by atoms with Crippen molar-refractivity contribution in [2.45, 2.75) is 24.8 Å². The van der Waals surface area contributed by atoms with E-state index < -0.39 is 15.8 Å². The van der Waals surface area contributed by atoms with Gasteiger partial charge < -0.3 is 5.11 Å². The molecule has 0 amide bonds. The molecule has 0 fully saturated rings. The number of hydrogen-bond donors (Lipinski definition) is 1. The number of hydrogen-bond acceptors (Lipinski definition) is 3. The fraction of sp³-hybridized carbons (Fsp3) is 0.300. The van der Waals surface area contributed by atoms with Crippen molar-refractivity contribution < 1.29 is 9.32 Å². The van der Waals surface area contributed by atoms with Crippen molar-refractivity contribution in [3.63, 3.8) is 0 Å². The van der Waals surface area contributed by atoms with Crippen LogP contribution in [0.25, 0.3) is 0 Å². The minimum Gasteiger partial charge on any atom is -0.388 e. The molecule has 134 valence electrons. The Balaban J connectivity index is 2.33. The molecular formula is C20H24ClNO2S. The topological polar surface area (TPSA) is 49.7 Å². The number of halogens is 1. The Morgan fingerprint density at radius 2 is 1.68 bits per heavy atom. The van der Waals surface area contributed by atoms with E-state index >= 15 is 0 Å². The maximum Gasteiger partial charge on any atom is 0.0963 e. The van der Waals surface area contributed by atoms with E-state index in [1.54, 1.807) is 36.7 Å². The number of aliphatic hydroxyl groups is 1. The third-order valence-corrected chi connectivity index (χ3v) is 6.45. The molecule has 5 heteroatoms. The fourth-order valence-electron chi connectivity index (χ4n) is 2.63. The van der Waals surface area contributed by atoms with Crippen LogP contribution in [0.3, 0.4) is 0 Å². The summed E-state index contributed by atoms with van der Waals surface area (Å²) in [5.41, 5.74) is 0.785. The summed E-state index contributed by atoms with van der Waals surface area (Å²) in [5, 5.41) is 13.0. The second-order valence-electron chi connectivity index (χ2n) is 6.21. The molecule has 0 spiro atoms. The van der Waals surface area contributed by atoms with Gasteiger partial charge in [-0.15, -0.1) is 0 Å². The molecule has 2 aromatic carbocycles. The second-order valence-corrected chi connectivity index (χ2v) is 8.89. The Morgan fingerprint density at radius 3 is 2.20 bits per heavy atom. The molecule has 0 aliphatic rings. The third-order valence-electron chi connectivity index (χ3n) is 4.18. The average molecular weight is 378 g/mol. The van der Waals surface area contributed by atoms with E-state index in [9.17, 15) is 9.32 Å². The van der Waals surface area contributed by atoms with Crippen LogP contribution < -0.4 is 0 Å². The predicted octanol–water partition coefficient (Wildman–Crippen LogP) is 5.32. The number of benzene rings is 2. The zero-order valence-corrected chi connectivity index (χ0v) is 16.2. The second kappa shape index (κ2) is 8.65. The van der Waals surface area contributed by atoms with Crippen LogP contribution in [0.5, 0.6) is 0 Å². The zero-order valence-electron chi connectivity index (χ0n) is 14.7. The Morgan fingerprint density at radius 1 is 1.08 bits per heavy atom. The predicted molar refractivity (Wildman–Crippen MR) is 105 cm³/mol. The highest BCUT2D eigenvalue weighted by molar-refractivity contribution is 7.96. The zero-order chi connectivity index (χ0) is 18.4. The maximum absolute atomic E-state index is 13.1. The standard InChI is InChI=1S/C20H24ClNO2S/c1-15(2)19(20(23)16-9-11-17(21)12-10-16)13-14-25(24,22-3)18-7-5-4-6-8-18/h4-15,19-20,23H,1-3H3/b14-13-/t19-,20+,25?/m1/s1. The summed E-state index contributed by atoms with van der Waals surface area (Å²) in [6.07, 6.45) is 1.12. The molecule has 0 bridgehead atoms. The van der Waals surface area contributed by atoms with Crippen molar-refractivity contribution in [2.75, 3.05) is 7.05 Å². The van der Waals surface area contributed by atoms with E-state index in [0.717, 1.165) is 5.56 Å². The van der Waals surface area contributed by atoms with Crippen LogP contribution in [0.2, 0.25) is 5.02 Å². The van der Waals surface area contributed by atoms with E-state index in [1.807, 2.05) is 50.3 Å². The Kier molecular flexibility index (Phi) is 6.82. The number of nitrogens with zero attached hydrogens (tertiary/aromatic N) is 1. The van der Waals surface area contributed by atoms with Gasteiger partial charge in [0.15, 0.2) is 0 Å². The minimum atomic E-state index is -2.64. The number of rotatable bonds is 6. The first-order valence-corrected chi connectivity index (χ1v) is 10.1. The summed E-state index contributed by atoms with van der Waals surface area (Å²) >= 11 is 5.92. The van der Waals surface area contributed by atoms with Crippen LogP contribution in [0.4, 0.5) is 0 Å². The molecule has 0 heterocycles. The summed E-state index contributed by atoms with van der Waals surface area (Å²) in [5.74, 6) is -0.0225. The summed E-state index contributed by atoms with van der Waals surface area (Å²) < 4.78 is 17.2. The molecule has 0 radical (unpaired) electrons. The highest BCUT2D eigenvalue weighted by Gasteiger charge is 2.22. The summed E-state index contributed by atoms with van der Waals surface area (Å²) in [6, 6.07) is 16.3. The van der Waals surface area contributed by atoms with E-state index in [0.29, 0.717) is 9.92 Å². The molecule has 2 rings (SSSR count). The monoisotopic (exact) mass is 377 g/mol. The van der Waals surface area contributed by atoms with Crippen LogP contribution in [0.1, 0.15) is 25.5 Å². The van der Waals surface area contributed by atoms with Crippen molar-refractivity contribution in [3.05, 3.63) is 76.7 Å². The molecule has 0 aromatic heterocycles. The smallest absolute Gasteiger partial charge is 0.0963 e. The SMILES string of the molecule is CN=S(=O)(/C=C\[C@H](C(C)C)[C@@H](O)c1ccc(Cl)cc1)c1ccccc1. The highest BCUT2D eigenvalue weighted by atomic mass is 35.5. The van der Waals surface area contributed by atoms with Gasteiger partial charge in [-0.25, -0.2) is 8.57 Å². The van der Waals surface area contributed by atoms with Crippen LogP contribution >= 0.6 is 11.6 Å². The summed E-state index contributed by atoms with van der Waals surface area (Å²) in [4.78, 5) is 0.664. The van der Waals surface area contributed by atoms with E-state index in [4.69, 9.17) is 11.6 Å². The molecule has 0 aliphatic carbocycles. The van der Waals surface area contributed by atoms with Gasteiger partial charge in [-0.3, -0.25) is 0 Å². The molecule has 0 aliphatic heterocycles. The van der Waals surface area contributed by atoms with Crippen LogP contribution in [-0.2, 0) is 9.73 Å². The molecule has 2 aromatic rings. The lowest BCUT2D eigenvalue weighted by Gasteiger charge is -2.24. The van der Waals surface area contributed by atoms with E-state index in [1.165, 1.54) is 0 Å². The number of aliphatic hydroxyl groups excluding tert-OH is 1. The normalized spacial score (nSPS) is 16.6. The lowest BCUT2D eigenvalue weighted by atomic mass is 9.87. The van der Waals surface area contributed by atoms with Gasteiger partial charge in [0.2, 0.25) is 0 Å². The van der Waals surface area contributed by atoms with E-state index in [2.05, 4.69) is 4.36 Å². The van der Waals surface area contributed by atoms with E-state index in [-0.39, 0.29) is 11.8 Å².